The predicted molar refractivity (Wildman–Crippen MR) is 104 cm³/mol. The SMILES string of the molecule is CNC(=O)N(OC)c1ccccc1CO/N=C(\C)c1cc(Cl)cc(Cl)c1. The van der Waals surface area contributed by atoms with Crippen LogP contribution in [-0.4, -0.2) is 25.9 Å². The van der Waals surface area contributed by atoms with Gasteiger partial charge in [-0.2, -0.15) is 5.06 Å². The van der Waals surface area contributed by atoms with Gasteiger partial charge >= 0.3 is 6.03 Å². The lowest BCUT2D eigenvalue weighted by atomic mass is 10.1. The van der Waals surface area contributed by atoms with Crippen LogP contribution in [0.4, 0.5) is 10.5 Å². The number of amides is 2. The van der Waals surface area contributed by atoms with Crippen molar-refractivity contribution in [2.75, 3.05) is 19.2 Å². The van der Waals surface area contributed by atoms with Crippen LogP contribution >= 0.6 is 23.2 Å². The van der Waals surface area contributed by atoms with E-state index in [0.717, 1.165) is 16.2 Å². The third-order valence-corrected chi connectivity index (χ3v) is 3.93. The molecule has 0 bridgehead atoms. The van der Waals surface area contributed by atoms with Gasteiger partial charge in [0.1, 0.15) is 6.61 Å². The Bertz CT molecular complexity index is 792. The van der Waals surface area contributed by atoms with Crippen molar-refractivity contribution < 1.29 is 14.5 Å². The minimum atomic E-state index is -0.395. The molecule has 0 heterocycles. The van der Waals surface area contributed by atoms with Crippen molar-refractivity contribution in [1.82, 2.24) is 5.32 Å². The van der Waals surface area contributed by atoms with Crippen LogP contribution in [0.25, 0.3) is 0 Å². The molecule has 2 rings (SSSR count). The smallest absolute Gasteiger partial charge is 0.345 e. The van der Waals surface area contributed by atoms with Crippen molar-refractivity contribution in [3.8, 4) is 0 Å². The third-order valence-electron chi connectivity index (χ3n) is 3.49. The number of nitrogens with zero attached hydrogens (tertiary/aromatic N) is 2. The number of para-hydroxylation sites is 1. The fraction of sp³-hybridized carbons (Fsp3) is 0.222. The standard InChI is InChI=1S/C18H19Cl2N3O3/c1-12(14-8-15(19)10-16(20)9-14)22-26-11-13-6-4-5-7-17(13)23(25-3)18(24)21-2/h4-10H,11H2,1-3H3,(H,21,24)/b22-12+. The quantitative estimate of drug-likeness (QED) is 0.572. The summed E-state index contributed by atoms with van der Waals surface area (Å²) in [5.41, 5.74) is 2.69. The molecule has 1 N–H and O–H groups in total. The van der Waals surface area contributed by atoms with Gasteiger partial charge in [0.25, 0.3) is 0 Å². The van der Waals surface area contributed by atoms with E-state index in [9.17, 15) is 4.79 Å². The lowest BCUT2D eigenvalue weighted by Gasteiger charge is -2.21. The number of halogens is 2. The van der Waals surface area contributed by atoms with Gasteiger partial charge in [0.2, 0.25) is 0 Å². The van der Waals surface area contributed by atoms with E-state index in [1.54, 1.807) is 37.3 Å². The zero-order valence-corrected chi connectivity index (χ0v) is 16.1. The minimum Gasteiger partial charge on any atom is -0.391 e. The van der Waals surface area contributed by atoms with Crippen LogP contribution in [0.15, 0.2) is 47.6 Å². The fourth-order valence-corrected chi connectivity index (χ4v) is 2.76. The van der Waals surface area contributed by atoms with E-state index < -0.39 is 6.03 Å². The van der Waals surface area contributed by atoms with Gasteiger partial charge < -0.3 is 10.2 Å². The zero-order chi connectivity index (χ0) is 19.1. The Morgan fingerprint density at radius 3 is 2.46 bits per heavy atom. The van der Waals surface area contributed by atoms with Gasteiger partial charge in [-0.25, -0.2) is 4.79 Å². The lowest BCUT2D eigenvalue weighted by molar-refractivity contribution is 0.128. The molecule has 0 atom stereocenters. The van der Waals surface area contributed by atoms with E-state index in [1.807, 2.05) is 12.1 Å². The monoisotopic (exact) mass is 395 g/mol. The Hall–Kier alpha value is -2.28. The highest BCUT2D eigenvalue weighted by Gasteiger charge is 2.17. The molecule has 0 fully saturated rings. The zero-order valence-electron chi connectivity index (χ0n) is 14.6. The highest BCUT2D eigenvalue weighted by atomic mass is 35.5. The Labute approximate surface area is 162 Å². The average molecular weight is 396 g/mol. The van der Waals surface area contributed by atoms with Crippen molar-refractivity contribution in [3.63, 3.8) is 0 Å². The van der Waals surface area contributed by atoms with Gasteiger partial charge in [-0.1, -0.05) is 46.6 Å². The molecular weight excluding hydrogens is 377 g/mol. The normalized spacial score (nSPS) is 11.2. The summed E-state index contributed by atoms with van der Waals surface area (Å²) in [6.07, 6.45) is 0. The second kappa shape index (κ2) is 9.43. The highest BCUT2D eigenvalue weighted by molar-refractivity contribution is 6.35. The van der Waals surface area contributed by atoms with Crippen molar-refractivity contribution in [3.05, 3.63) is 63.6 Å². The predicted octanol–water partition coefficient (Wildman–Crippen LogP) is 4.64. The summed E-state index contributed by atoms with van der Waals surface area (Å²) < 4.78 is 0. The van der Waals surface area contributed by atoms with E-state index in [2.05, 4.69) is 10.5 Å². The molecule has 26 heavy (non-hydrogen) atoms. The molecule has 0 aliphatic rings. The second-order valence-electron chi connectivity index (χ2n) is 5.27. The molecule has 0 aliphatic heterocycles. The van der Waals surface area contributed by atoms with E-state index >= 15 is 0 Å². The van der Waals surface area contributed by atoms with E-state index in [1.165, 1.54) is 14.2 Å². The molecule has 2 aromatic rings. The number of hydrogen-bond donors (Lipinski definition) is 1. The van der Waals surface area contributed by atoms with Gasteiger partial charge in [0.05, 0.1) is 18.5 Å². The highest BCUT2D eigenvalue weighted by Crippen LogP contribution is 2.22. The van der Waals surface area contributed by atoms with Crippen molar-refractivity contribution in [1.29, 1.82) is 0 Å². The molecule has 8 heteroatoms. The average Bonchev–Trinajstić information content (AvgIpc) is 2.62. The third kappa shape index (κ3) is 5.11. The van der Waals surface area contributed by atoms with Crippen molar-refractivity contribution in [2.24, 2.45) is 5.16 Å². The lowest BCUT2D eigenvalue weighted by Crippen LogP contribution is -2.37. The van der Waals surface area contributed by atoms with Gasteiger partial charge in [-0.15, -0.1) is 0 Å². The molecule has 0 saturated heterocycles. The molecule has 6 nitrogen and oxygen atoms in total. The number of carbonyl (C=O) groups is 1. The first kappa shape index (κ1) is 20.0. The van der Waals surface area contributed by atoms with E-state index in [-0.39, 0.29) is 6.61 Å². The molecule has 0 aliphatic carbocycles. The van der Waals surface area contributed by atoms with Crippen LogP contribution in [-0.2, 0) is 16.3 Å². The number of oxime groups is 1. The Kier molecular flexibility index (Phi) is 7.26. The first-order chi connectivity index (χ1) is 12.5. The number of hydroxylamine groups is 1. The molecule has 2 amide bonds. The molecule has 2 aromatic carbocycles. The number of rotatable bonds is 6. The second-order valence-corrected chi connectivity index (χ2v) is 6.14. The molecule has 0 aromatic heterocycles. The summed E-state index contributed by atoms with van der Waals surface area (Å²) in [6.45, 7) is 1.94. The van der Waals surface area contributed by atoms with Crippen LogP contribution in [0.5, 0.6) is 0 Å². The number of nitrogens with one attached hydrogen (secondary N) is 1. The van der Waals surface area contributed by atoms with Gasteiger partial charge in [0, 0.05) is 28.2 Å². The van der Waals surface area contributed by atoms with Crippen LogP contribution in [0.1, 0.15) is 18.1 Å². The Morgan fingerprint density at radius 1 is 1.19 bits per heavy atom. The molecule has 138 valence electrons. The Morgan fingerprint density at radius 2 is 1.85 bits per heavy atom. The number of urea groups is 1. The van der Waals surface area contributed by atoms with E-state index in [4.69, 9.17) is 32.9 Å². The van der Waals surface area contributed by atoms with Crippen LogP contribution in [0.3, 0.4) is 0 Å². The topological polar surface area (TPSA) is 63.2 Å². The van der Waals surface area contributed by atoms with Gasteiger partial charge in [0.15, 0.2) is 0 Å². The van der Waals surface area contributed by atoms with Crippen LogP contribution < -0.4 is 10.4 Å². The molecular formula is C18H19Cl2N3O3. The maximum absolute atomic E-state index is 11.9. The van der Waals surface area contributed by atoms with Crippen molar-refractivity contribution in [2.45, 2.75) is 13.5 Å². The number of hydrogen-bond acceptors (Lipinski definition) is 4. The number of carbonyl (C=O) groups excluding carboxylic acids is 1. The first-order valence-corrected chi connectivity index (χ1v) is 8.48. The number of anilines is 1. The summed E-state index contributed by atoms with van der Waals surface area (Å²) in [7, 11) is 2.94. The van der Waals surface area contributed by atoms with Gasteiger partial charge in [-0.05, 0) is 31.2 Å². The first-order valence-electron chi connectivity index (χ1n) is 7.73. The maximum Gasteiger partial charge on any atom is 0.345 e. The summed E-state index contributed by atoms with van der Waals surface area (Å²) in [6, 6.07) is 12.0. The van der Waals surface area contributed by atoms with Crippen LogP contribution in [0.2, 0.25) is 10.0 Å². The molecule has 0 radical (unpaired) electrons. The maximum atomic E-state index is 11.9. The summed E-state index contributed by atoms with van der Waals surface area (Å²) in [4.78, 5) is 22.5. The van der Waals surface area contributed by atoms with Crippen molar-refractivity contribution >= 4 is 40.6 Å². The van der Waals surface area contributed by atoms with Crippen LogP contribution in [0, 0.1) is 0 Å². The molecule has 0 saturated carbocycles. The molecule has 0 unspecified atom stereocenters. The Balaban J connectivity index is 2.16. The fourth-order valence-electron chi connectivity index (χ4n) is 2.24. The summed E-state index contributed by atoms with van der Waals surface area (Å²) in [5, 5.41) is 8.81. The van der Waals surface area contributed by atoms with E-state index in [0.29, 0.717) is 21.4 Å². The molecule has 0 spiro atoms. The largest absolute Gasteiger partial charge is 0.391 e. The minimum absolute atomic E-state index is 0.151. The van der Waals surface area contributed by atoms with Gasteiger partial charge in [-0.3, -0.25) is 4.84 Å². The number of benzene rings is 2. The summed E-state index contributed by atoms with van der Waals surface area (Å²) in [5.74, 6) is 0. The summed E-state index contributed by atoms with van der Waals surface area (Å²) >= 11 is 12.0.